The number of hydrogen-bond acceptors (Lipinski definition) is 3. The number of methoxy groups -OCH3 is 1. The number of nitrogens with zero attached hydrogens (tertiary/aromatic N) is 2. The van der Waals surface area contributed by atoms with Crippen LogP contribution < -0.4 is 10.1 Å². The molecule has 1 N–H and O–H groups in total. The second-order valence-corrected chi connectivity index (χ2v) is 7.36. The topological polar surface area (TPSA) is 67.0 Å². The van der Waals surface area contributed by atoms with Gasteiger partial charge >= 0.3 is 0 Å². The van der Waals surface area contributed by atoms with E-state index >= 15 is 0 Å². The fraction of sp³-hybridized carbons (Fsp3) is 0.391. The number of nitrogens with one attached hydrogen (secondary N) is 1. The van der Waals surface area contributed by atoms with Crippen LogP contribution in [-0.2, 0) is 17.9 Å². The quantitative estimate of drug-likeness (QED) is 0.547. The van der Waals surface area contributed by atoms with Crippen molar-refractivity contribution < 1.29 is 9.53 Å². The zero-order valence-electron chi connectivity index (χ0n) is 17.4. The zero-order chi connectivity index (χ0) is 20.7. The molecule has 0 aliphatic heterocycles. The standard InChI is InChI=1S/C23H29N3O2/c1-16(2)10-11-26-17(3)12-20(18(26)4)13-21(14-24)23(27)25-15-19-6-8-22(28-5)9-7-19/h6-9,12-13,16H,10-11,15H2,1-5H3,(H,25,27)/b21-13+. The Morgan fingerprint density at radius 2 is 1.96 bits per heavy atom. The van der Waals surface area contributed by atoms with Gasteiger partial charge in [0.15, 0.2) is 0 Å². The molecule has 0 fully saturated rings. The molecule has 1 aromatic heterocycles. The van der Waals surface area contributed by atoms with E-state index in [4.69, 9.17) is 4.74 Å². The normalized spacial score (nSPS) is 11.4. The highest BCUT2D eigenvalue weighted by Crippen LogP contribution is 2.20. The summed E-state index contributed by atoms with van der Waals surface area (Å²) in [4.78, 5) is 12.5. The molecule has 0 bridgehead atoms. The minimum Gasteiger partial charge on any atom is -0.497 e. The van der Waals surface area contributed by atoms with Gasteiger partial charge in [-0.15, -0.1) is 0 Å². The van der Waals surface area contributed by atoms with Crippen molar-refractivity contribution in [1.82, 2.24) is 9.88 Å². The smallest absolute Gasteiger partial charge is 0.262 e. The number of hydrogen-bond donors (Lipinski definition) is 1. The molecule has 0 radical (unpaired) electrons. The lowest BCUT2D eigenvalue weighted by Crippen LogP contribution is -2.23. The maximum Gasteiger partial charge on any atom is 0.262 e. The molecule has 1 heterocycles. The van der Waals surface area contributed by atoms with Crippen LogP contribution in [0.5, 0.6) is 5.75 Å². The third-order valence-corrected chi connectivity index (χ3v) is 4.82. The highest BCUT2D eigenvalue weighted by atomic mass is 16.5. The van der Waals surface area contributed by atoms with Gasteiger partial charge in [0, 0.05) is 24.5 Å². The molecule has 28 heavy (non-hydrogen) atoms. The van der Waals surface area contributed by atoms with E-state index in [-0.39, 0.29) is 11.5 Å². The number of rotatable bonds is 8. The molecule has 0 atom stereocenters. The van der Waals surface area contributed by atoms with Gasteiger partial charge in [0.05, 0.1) is 7.11 Å². The van der Waals surface area contributed by atoms with E-state index in [1.807, 2.05) is 43.3 Å². The van der Waals surface area contributed by atoms with E-state index in [1.165, 1.54) is 0 Å². The van der Waals surface area contributed by atoms with Crippen LogP contribution in [0.25, 0.3) is 6.08 Å². The Labute approximate surface area is 167 Å². The minimum atomic E-state index is -0.370. The third-order valence-electron chi connectivity index (χ3n) is 4.82. The highest BCUT2D eigenvalue weighted by molar-refractivity contribution is 6.01. The second-order valence-electron chi connectivity index (χ2n) is 7.36. The SMILES string of the molecule is COc1ccc(CNC(=O)/C(C#N)=C/c2cc(C)n(CCC(C)C)c2C)cc1. The lowest BCUT2D eigenvalue weighted by atomic mass is 10.1. The van der Waals surface area contributed by atoms with Gasteiger partial charge < -0.3 is 14.6 Å². The lowest BCUT2D eigenvalue weighted by Gasteiger charge is -2.11. The van der Waals surface area contributed by atoms with Crippen molar-refractivity contribution in [3.63, 3.8) is 0 Å². The van der Waals surface area contributed by atoms with Crippen molar-refractivity contribution in [3.05, 3.63) is 58.4 Å². The van der Waals surface area contributed by atoms with Crippen molar-refractivity contribution in [2.24, 2.45) is 5.92 Å². The Balaban J connectivity index is 2.10. The number of carbonyl (C=O) groups is 1. The van der Waals surface area contributed by atoms with Crippen LogP contribution in [0.1, 0.15) is 42.8 Å². The fourth-order valence-corrected chi connectivity index (χ4v) is 3.03. The molecule has 1 amide bonds. The maximum absolute atomic E-state index is 12.5. The van der Waals surface area contributed by atoms with E-state index in [0.717, 1.165) is 41.2 Å². The lowest BCUT2D eigenvalue weighted by molar-refractivity contribution is -0.117. The molecule has 0 saturated carbocycles. The largest absolute Gasteiger partial charge is 0.497 e. The Hall–Kier alpha value is -3.00. The molecule has 0 saturated heterocycles. The minimum absolute atomic E-state index is 0.109. The Morgan fingerprint density at radius 3 is 2.54 bits per heavy atom. The van der Waals surface area contributed by atoms with E-state index in [2.05, 4.69) is 30.7 Å². The first kappa shape index (κ1) is 21.3. The van der Waals surface area contributed by atoms with Crippen LogP contribution in [-0.4, -0.2) is 17.6 Å². The van der Waals surface area contributed by atoms with Crippen LogP contribution >= 0.6 is 0 Å². The molecule has 148 valence electrons. The molecular formula is C23H29N3O2. The summed E-state index contributed by atoms with van der Waals surface area (Å²) >= 11 is 0. The molecule has 0 unspecified atom stereocenters. The molecule has 5 heteroatoms. The Morgan fingerprint density at radius 1 is 1.29 bits per heavy atom. The first-order valence-corrected chi connectivity index (χ1v) is 9.55. The van der Waals surface area contributed by atoms with Crippen LogP contribution in [0.4, 0.5) is 0 Å². The van der Waals surface area contributed by atoms with Crippen molar-refractivity contribution in [2.45, 2.75) is 47.2 Å². The second kappa shape index (κ2) is 9.80. The van der Waals surface area contributed by atoms with E-state index in [9.17, 15) is 10.1 Å². The maximum atomic E-state index is 12.5. The van der Waals surface area contributed by atoms with Crippen molar-refractivity contribution in [2.75, 3.05) is 7.11 Å². The number of aryl methyl sites for hydroxylation is 1. The Kier molecular flexibility index (Phi) is 7.45. The van der Waals surface area contributed by atoms with Crippen LogP contribution in [0.3, 0.4) is 0 Å². The number of carbonyl (C=O) groups excluding carboxylic acids is 1. The van der Waals surface area contributed by atoms with Gasteiger partial charge in [-0.1, -0.05) is 26.0 Å². The van der Waals surface area contributed by atoms with Crippen LogP contribution in [0.2, 0.25) is 0 Å². The summed E-state index contributed by atoms with van der Waals surface area (Å²) in [7, 11) is 1.61. The van der Waals surface area contributed by atoms with E-state index in [1.54, 1.807) is 13.2 Å². The third kappa shape index (κ3) is 5.50. The molecule has 0 spiro atoms. The molecular weight excluding hydrogens is 350 g/mol. The van der Waals surface area contributed by atoms with Gasteiger partial charge in [0.25, 0.3) is 5.91 Å². The van der Waals surface area contributed by atoms with Gasteiger partial charge in [-0.25, -0.2) is 0 Å². The average Bonchev–Trinajstić information content (AvgIpc) is 2.95. The predicted molar refractivity (Wildman–Crippen MR) is 112 cm³/mol. The van der Waals surface area contributed by atoms with Gasteiger partial charge in [0.1, 0.15) is 17.4 Å². The summed E-state index contributed by atoms with van der Waals surface area (Å²) in [6, 6.07) is 11.5. The molecule has 2 rings (SSSR count). The van der Waals surface area contributed by atoms with Gasteiger partial charge in [-0.3, -0.25) is 4.79 Å². The Bertz CT molecular complexity index is 884. The number of aromatic nitrogens is 1. The molecule has 0 aliphatic rings. The predicted octanol–water partition coefficient (Wildman–Crippen LogP) is 4.38. The van der Waals surface area contributed by atoms with Crippen LogP contribution in [0.15, 0.2) is 35.9 Å². The van der Waals surface area contributed by atoms with Crippen molar-refractivity contribution >= 4 is 12.0 Å². The summed E-state index contributed by atoms with van der Waals surface area (Å²) in [6.07, 6.45) is 2.77. The summed E-state index contributed by atoms with van der Waals surface area (Å²) in [5.41, 5.74) is 4.18. The van der Waals surface area contributed by atoms with Crippen molar-refractivity contribution in [3.8, 4) is 11.8 Å². The summed E-state index contributed by atoms with van der Waals surface area (Å²) in [5, 5.41) is 12.3. The summed E-state index contributed by atoms with van der Waals surface area (Å²) < 4.78 is 7.37. The monoisotopic (exact) mass is 379 g/mol. The first-order chi connectivity index (χ1) is 13.3. The highest BCUT2D eigenvalue weighted by Gasteiger charge is 2.13. The fourth-order valence-electron chi connectivity index (χ4n) is 3.03. The molecule has 0 aliphatic carbocycles. The number of benzene rings is 1. The molecule has 1 aromatic carbocycles. The van der Waals surface area contributed by atoms with Crippen LogP contribution in [0, 0.1) is 31.1 Å². The first-order valence-electron chi connectivity index (χ1n) is 9.55. The number of nitriles is 1. The molecule has 5 nitrogen and oxygen atoms in total. The summed E-state index contributed by atoms with van der Waals surface area (Å²) in [5.74, 6) is 1.02. The van der Waals surface area contributed by atoms with Crippen molar-refractivity contribution in [1.29, 1.82) is 5.26 Å². The van der Waals surface area contributed by atoms with Gasteiger partial charge in [-0.2, -0.15) is 5.26 Å². The zero-order valence-corrected chi connectivity index (χ0v) is 17.4. The summed E-state index contributed by atoms with van der Waals surface area (Å²) in [6.45, 7) is 9.79. The van der Waals surface area contributed by atoms with E-state index < -0.39 is 0 Å². The average molecular weight is 380 g/mol. The number of amides is 1. The molecule has 2 aromatic rings. The van der Waals surface area contributed by atoms with E-state index in [0.29, 0.717) is 12.5 Å². The number of ether oxygens (including phenoxy) is 1. The van der Waals surface area contributed by atoms with Gasteiger partial charge in [-0.05, 0) is 61.6 Å². The van der Waals surface area contributed by atoms with Gasteiger partial charge in [0.2, 0.25) is 0 Å².